The minimum absolute atomic E-state index is 0.211. The molecule has 1 fully saturated rings. The zero-order valence-corrected chi connectivity index (χ0v) is 8.68. The van der Waals surface area contributed by atoms with E-state index in [0.29, 0.717) is 12.3 Å². The van der Waals surface area contributed by atoms with Gasteiger partial charge in [-0.15, -0.1) is 0 Å². The fourth-order valence-electron chi connectivity index (χ4n) is 1.97. The molecule has 1 saturated heterocycles. The van der Waals surface area contributed by atoms with E-state index in [1.807, 2.05) is 6.92 Å². The molecule has 0 aromatic heterocycles. The van der Waals surface area contributed by atoms with Gasteiger partial charge in [-0.2, -0.15) is 0 Å². The van der Waals surface area contributed by atoms with Crippen molar-refractivity contribution in [1.29, 1.82) is 0 Å². The molecule has 1 heterocycles. The summed E-state index contributed by atoms with van der Waals surface area (Å²) in [5.41, 5.74) is 0. The Kier molecular flexibility index (Phi) is 4.22. The maximum atomic E-state index is 11.3. The summed E-state index contributed by atoms with van der Waals surface area (Å²) in [6.45, 7) is 4.98. The van der Waals surface area contributed by atoms with Crippen molar-refractivity contribution in [2.24, 2.45) is 5.92 Å². The van der Waals surface area contributed by atoms with E-state index in [0.717, 1.165) is 13.1 Å². The lowest BCUT2D eigenvalue weighted by molar-refractivity contribution is -0.122. The van der Waals surface area contributed by atoms with Gasteiger partial charge in [0.25, 0.3) is 0 Å². The van der Waals surface area contributed by atoms with Crippen LogP contribution in [-0.4, -0.2) is 37.5 Å². The molecule has 3 nitrogen and oxygen atoms in total. The first kappa shape index (κ1) is 10.5. The Bertz CT molecular complexity index is 170. The van der Waals surface area contributed by atoms with E-state index < -0.39 is 0 Å². The van der Waals surface area contributed by atoms with Crippen molar-refractivity contribution in [1.82, 2.24) is 10.2 Å². The Labute approximate surface area is 80.5 Å². The van der Waals surface area contributed by atoms with Gasteiger partial charge in [-0.05, 0) is 39.3 Å². The lowest BCUT2D eigenvalue weighted by Gasteiger charge is -2.29. The van der Waals surface area contributed by atoms with Gasteiger partial charge in [0.2, 0.25) is 5.91 Å². The highest BCUT2D eigenvalue weighted by atomic mass is 16.1. The maximum absolute atomic E-state index is 11.3. The number of nitrogens with zero attached hydrogens (tertiary/aromatic N) is 1. The summed E-state index contributed by atoms with van der Waals surface area (Å²) in [7, 11) is 2.13. The normalized spacial score (nSPS) is 24.3. The van der Waals surface area contributed by atoms with Crippen LogP contribution in [0.5, 0.6) is 0 Å². The molecule has 0 aromatic rings. The van der Waals surface area contributed by atoms with Crippen LogP contribution in [0.3, 0.4) is 0 Å². The highest BCUT2D eigenvalue weighted by molar-refractivity contribution is 5.76. The summed E-state index contributed by atoms with van der Waals surface area (Å²) in [4.78, 5) is 13.6. The quantitative estimate of drug-likeness (QED) is 0.705. The third-order valence-electron chi connectivity index (χ3n) is 2.57. The second kappa shape index (κ2) is 5.22. The van der Waals surface area contributed by atoms with E-state index in [-0.39, 0.29) is 5.91 Å². The molecule has 0 bridgehead atoms. The fourth-order valence-corrected chi connectivity index (χ4v) is 1.97. The van der Waals surface area contributed by atoms with Gasteiger partial charge in [-0.1, -0.05) is 0 Å². The Morgan fingerprint density at radius 1 is 1.62 bits per heavy atom. The van der Waals surface area contributed by atoms with Crippen molar-refractivity contribution >= 4 is 5.91 Å². The summed E-state index contributed by atoms with van der Waals surface area (Å²) in [6, 6.07) is 0. The molecule has 0 aromatic carbocycles. The Hall–Kier alpha value is -0.570. The third-order valence-corrected chi connectivity index (χ3v) is 2.57. The summed E-state index contributed by atoms with van der Waals surface area (Å²) >= 11 is 0. The molecule has 0 saturated carbocycles. The van der Waals surface area contributed by atoms with Gasteiger partial charge in [-0.3, -0.25) is 4.79 Å². The standard InChI is InChI=1S/C10H20N2O/c1-3-11-10(13)7-9-5-4-6-12(2)8-9/h9H,3-8H2,1-2H3,(H,11,13). The van der Waals surface area contributed by atoms with Crippen LogP contribution in [0.1, 0.15) is 26.2 Å². The smallest absolute Gasteiger partial charge is 0.220 e. The number of hydrogen-bond acceptors (Lipinski definition) is 2. The second-order valence-corrected chi connectivity index (χ2v) is 3.93. The predicted octanol–water partition coefficient (Wildman–Crippen LogP) is 0.854. The van der Waals surface area contributed by atoms with Gasteiger partial charge < -0.3 is 10.2 Å². The highest BCUT2D eigenvalue weighted by Crippen LogP contribution is 2.17. The molecule has 1 aliphatic heterocycles. The molecule has 1 rings (SSSR count). The number of hydrogen-bond donors (Lipinski definition) is 1. The van der Waals surface area contributed by atoms with Crippen molar-refractivity contribution in [3.8, 4) is 0 Å². The van der Waals surface area contributed by atoms with E-state index in [1.54, 1.807) is 0 Å². The van der Waals surface area contributed by atoms with E-state index in [4.69, 9.17) is 0 Å². The first-order valence-electron chi connectivity index (χ1n) is 5.17. The van der Waals surface area contributed by atoms with Crippen molar-refractivity contribution in [3.63, 3.8) is 0 Å². The Morgan fingerprint density at radius 2 is 2.38 bits per heavy atom. The van der Waals surface area contributed by atoms with Gasteiger partial charge in [-0.25, -0.2) is 0 Å². The van der Waals surface area contributed by atoms with Gasteiger partial charge in [0, 0.05) is 19.5 Å². The topological polar surface area (TPSA) is 32.3 Å². The SMILES string of the molecule is CCNC(=O)CC1CCCN(C)C1. The number of nitrogens with one attached hydrogen (secondary N) is 1. The molecule has 0 spiro atoms. The van der Waals surface area contributed by atoms with Crippen LogP contribution in [0.4, 0.5) is 0 Å². The van der Waals surface area contributed by atoms with Gasteiger partial charge >= 0.3 is 0 Å². The molecule has 1 unspecified atom stereocenters. The number of carbonyl (C=O) groups excluding carboxylic acids is 1. The summed E-state index contributed by atoms with van der Waals surface area (Å²) in [5.74, 6) is 0.785. The van der Waals surface area contributed by atoms with E-state index >= 15 is 0 Å². The molecule has 1 atom stereocenters. The maximum Gasteiger partial charge on any atom is 0.220 e. The number of likely N-dealkylation sites (tertiary alicyclic amines) is 1. The average Bonchev–Trinajstić information content (AvgIpc) is 2.04. The van der Waals surface area contributed by atoms with Crippen LogP contribution in [-0.2, 0) is 4.79 Å². The zero-order valence-electron chi connectivity index (χ0n) is 8.68. The van der Waals surface area contributed by atoms with Gasteiger partial charge in [0.15, 0.2) is 0 Å². The number of amides is 1. The molecule has 1 N–H and O–H groups in total. The van der Waals surface area contributed by atoms with Crippen LogP contribution < -0.4 is 5.32 Å². The molecule has 1 aliphatic rings. The molecule has 13 heavy (non-hydrogen) atoms. The minimum Gasteiger partial charge on any atom is -0.356 e. The molecule has 0 radical (unpaired) electrons. The highest BCUT2D eigenvalue weighted by Gasteiger charge is 2.19. The molecule has 76 valence electrons. The molecular formula is C10H20N2O. The van der Waals surface area contributed by atoms with Crippen molar-refractivity contribution in [2.45, 2.75) is 26.2 Å². The van der Waals surface area contributed by atoms with Crippen molar-refractivity contribution in [2.75, 3.05) is 26.7 Å². The van der Waals surface area contributed by atoms with Gasteiger partial charge in [0.1, 0.15) is 0 Å². The molecule has 3 heteroatoms. The first-order valence-corrected chi connectivity index (χ1v) is 5.17. The number of rotatable bonds is 3. The minimum atomic E-state index is 0.211. The van der Waals surface area contributed by atoms with E-state index in [1.165, 1.54) is 19.4 Å². The summed E-state index contributed by atoms with van der Waals surface area (Å²) in [5, 5.41) is 2.85. The van der Waals surface area contributed by atoms with E-state index in [9.17, 15) is 4.79 Å². The largest absolute Gasteiger partial charge is 0.356 e. The van der Waals surface area contributed by atoms with Crippen LogP contribution >= 0.6 is 0 Å². The van der Waals surface area contributed by atoms with Crippen molar-refractivity contribution in [3.05, 3.63) is 0 Å². The molecular weight excluding hydrogens is 164 g/mol. The third kappa shape index (κ3) is 3.77. The summed E-state index contributed by atoms with van der Waals surface area (Å²) in [6.07, 6.45) is 3.15. The number of piperidine rings is 1. The van der Waals surface area contributed by atoms with E-state index in [2.05, 4.69) is 17.3 Å². The first-order chi connectivity index (χ1) is 6.22. The Morgan fingerprint density at radius 3 is 3.00 bits per heavy atom. The molecule has 0 aliphatic carbocycles. The van der Waals surface area contributed by atoms with Crippen LogP contribution in [0, 0.1) is 5.92 Å². The zero-order chi connectivity index (χ0) is 9.68. The fraction of sp³-hybridized carbons (Fsp3) is 0.900. The lowest BCUT2D eigenvalue weighted by atomic mass is 9.95. The van der Waals surface area contributed by atoms with Crippen LogP contribution in [0.25, 0.3) is 0 Å². The summed E-state index contributed by atoms with van der Waals surface area (Å²) < 4.78 is 0. The van der Waals surface area contributed by atoms with Gasteiger partial charge in [0.05, 0.1) is 0 Å². The number of carbonyl (C=O) groups is 1. The monoisotopic (exact) mass is 184 g/mol. The lowest BCUT2D eigenvalue weighted by Crippen LogP contribution is -2.35. The van der Waals surface area contributed by atoms with Crippen molar-refractivity contribution < 1.29 is 4.79 Å². The second-order valence-electron chi connectivity index (χ2n) is 3.93. The van der Waals surface area contributed by atoms with Crippen LogP contribution in [0.15, 0.2) is 0 Å². The molecule has 1 amide bonds. The predicted molar refractivity (Wildman–Crippen MR) is 53.5 cm³/mol. The van der Waals surface area contributed by atoms with Crippen LogP contribution in [0.2, 0.25) is 0 Å². The Balaban J connectivity index is 2.23. The average molecular weight is 184 g/mol.